The van der Waals surface area contributed by atoms with E-state index in [1.54, 1.807) is 64.6 Å². The number of nitrogens with zero attached hydrogens (tertiary/aromatic N) is 5. The molecule has 0 aliphatic carbocycles. The normalized spacial score (nSPS) is 36.3. The molecule has 2 amide bonds. The number of carbonyl (C=O) groups is 3. The van der Waals surface area contributed by atoms with E-state index in [2.05, 4.69) is 20.9 Å². The second-order valence-electron chi connectivity index (χ2n) is 23.2. The topological polar surface area (TPSA) is 247 Å². The Kier molecular flexibility index (Phi) is 22.2. The predicted molar refractivity (Wildman–Crippen MR) is 293 cm³/mol. The van der Waals surface area contributed by atoms with Gasteiger partial charge in [-0.3, -0.25) is 9.69 Å². The van der Waals surface area contributed by atoms with Crippen LogP contribution in [-0.4, -0.2) is 183 Å². The molecule has 3 fully saturated rings. The number of aromatic nitrogens is 3. The number of methoxy groups -OCH3 is 1. The van der Waals surface area contributed by atoms with E-state index in [0.29, 0.717) is 30.2 Å². The standard InChI is InChI=1S/C57H88ClN7O14/c1-15-44-57(10,71)49(78-53(68)59-28-39-19-17-16-18-20-39)37(6)64(13)30-33(2)26-55(8,70)48(77-52-46(66)43(63(11)12)25-34(3)73-52)35(4)47(36(5)51(67)75-44)76-45-27-56(9,72-14)50(38(7)74-45)79-54(69)60-29-42-32-65(62-61-42)31-40-21-23-41(58)24-22-40/h16-24,32-38,43-50,52,66,70-71H,15,25-31H2,1-14H3,(H,59,68)(H,60,69)/t33-,34-,35+,36-,37-,38+,43+,44-,45+,46-,47+,48-,49-,50+,52+,55-,56-,57-/m1/s1. The molecule has 18 atom stereocenters. The Labute approximate surface area is 471 Å². The second-order valence-corrected chi connectivity index (χ2v) is 23.6. The van der Waals surface area contributed by atoms with E-state index in [0.717, 1.165) is 11.1 Å². The molecule has 3 aliphatic rings. The number of alkyl carbamates (subject to hydrolysis) is 2. The van der Waals surface area contributed by atoms with Crippen molar-refractivity contribution in [2.45, 2.75) is 205 Å². The van der Waals surface area contributed by atoms with E-state index in [-0.39, 0.29) is 50.4 Å². The van der Waals surface area contributed by atoms with E-state index in [4.69, 9.17) is 49.5 Å². The molecule has 3 aromatic rings. The Bertz CT molecular complexity index is 2420. The van der Waals surface area contributed by atoms with Crippen LogP contribution in [-0.2, 0) is 62.3 Å². The zero-order valence-corrected chi connectivity index (χ0v) is 49.3. The highest BCUT2D eigenvalue weighted by Crippen LogP contribution is 2.41. The summed E-state index contributed by atoms with van der Waals surface area (Å²) >= 11 is 6.05. The molecule has 3 saturated heterocycles. The maximum Gasteiger partial charge on any atom is 0.407 e. The van der Waals surface area contributed by atoms with Gasteiger partial charge in [-0.25, -0.2) is 14.3 Å². The SMILES string of the molecule is CC[C@H]1OC(=O)[C@H](C)[C@@H](O[C@H]2C[C@@](C)(OC)[C@@H](OC(=O)NCc3cn(Cc4ccc(Cl)cc4)nn3)[C@H](C)O2)[C@H](C)[C@@H](O[C@@H]2O[C@H](C)C[C@H](N(C)C)[C@H]2O)[C@](C)(O)C[C@@H](C)CN(C)[C@H](C)[C@@H](OC(=O)NCc2ccccc2)[C@]1(C)O. The molecular weight excluding hydrogens is 1040 g/mol. The maximum atomic E-state index is 15.0. The summed E-state index contributed by atoms with van der Waals surface area (Å²) in [5.74, 6) is -3.06. The molecule has 4 heterocycles. The van der Waals surface area contributed by atoms with Gasteiger partial charge in [0, 0.05) is 49.6 Å². The van der Waals surface area contributed by atoms with Crippen LogP contribution in [0.4, 0.5) is 9.59 Å². The molecule has 1 aromatic heterocycles. The first-order chi connectivity index (χ1) is 37.2. The number of cyclic esters (lactones) is 1. The zero-order chi connectivity index (χ0) is 58.1. The van der Waals surface area contributed by atoms with E-state index in [9.17, 15) is 29.7 Å². The van der Waals surface area contributed by atoms with Gasteiger partial charge in [0.2, 0.25) is 0 Å². The molecule has 0 spiro atoms. The van der Waals surface area contributed by atoms with E-state index in [1.807, 2.05) is 94.2 Å². The van der Waals surface area contributed by atoms with Gasteiger partial charge in [0.25, 0.3) is 0 Å². The highest BCUT2D eigenvalue weighted by molar-refractivity contribution is 6.30. The van der Waals surface area contributed by atoms with Crippen molar-refractivity contribution in [1.29, 1.82) is 0 Å². The van der Waals surface area contributed by atoms with Crippen LogP contribution in [0, 0.1) is 17.8 Å². The minimum absolute atomic E-state index is 0.00308. The molecule has 0 unspecified atom stereocenters. The quantitative estimate of drug-likeness (QED) is 0.0857. The number of esters is 1. The first-order valence-corrected chi connectivity index (χ1v) is 28.0. The Morgan fingerprint density at radius 2 is 1.52 bits per heavy atom. The van der Waals surface area contributed by atoms with Crippen molar-refractivity contribution < 1.29 is 67.6 Å². The molecule has 2 aromatic carbocycles. The number of rotatable bonds is 15. The lowest BCUT2D eigenvalue weighted by Crippen LogP contribution is -2.61. The fourth-order valence-electron chi connectivity index (χ4n) is 11.7. The van der Waals surface area contributed by atoms with Gasteiger partial charge < -0.3 is 68.7 Å². The van der Waals surface area contributed by atoms with Gasteiger partial charge in [0.05, 0.1) is 55.2 Å². The molecule has 3 aliphatic heterocycles. The third-order valence-electron chi connectivity index (χ3n) is 16.1. The van der Waals surface area contributed by atoms with Crippen LogP contribution < -0.4 is 10.6 Å². The summed E-state index contributed by atoms with van der Waals surface area (Å²) in [4.78, 5) is 46.0. The van der Waals surface area contributed by atoms with Crippen LogP contribution in [0.3, 0.4) is 0 Å². The second kappa shape index (κ2) is 27.5. The summed E-state index contributed by atoms with van der Waals surface area (Å²) < 4.78 is 53.0. The van der Waals surface area contributed by atoms with E-state index < -0.39 is 108 Å². The number of carbonyl (C=O) groups excluding carboxylic acids is 3. The van der Waals surface area contributed by atoms with Crippen molar-refractivity contribution in [2.75, 3.05) is 34.8 Å². The molecule has 0 bridgehead atoms. The molecule has 22 heteroatoms. The molecule has 79 heavy (non-hydrogen) atoms. The average molecular weight is 1130 g/mol. The summed E-state index contributed by atoms with van der Waals surface area (Å²) in [5, 5.41) is 52.1. The van der Waals surface area contributed by atoms with Gasteiger partial charge in [-0.15, -0.1) is 5.10 Å². The largest absolute Gasteiger partial charge is 0.459 e. The highest BCUT2D eigenvalue weighted by Gasteiger charge is 2.54. The summed E-state index contributed by atoms with van der Waals surface area (Å²) in [6.07, 6.45) is -9.32. The van der Waals surface area contributed by atoms with Gasteiger partial charge in [0.1, 0.15) is 29.1 Å². The predicted octanol–water partition coefficient (Wildman–Crippen LogP) is 6.06. The zero-order valence-electron chi connectivity index (χ0n) is 48.5. The van der Waals surface area contributed by atoms with Gasteiger partial charge in [-0.1, -0.05) is 80.1 Å². The highest BCUT2D eigenvalue weighted by atomic mass is 35.5. The molecule has 21 nitrogen and oxygen atoms in total. The van der Waals surface area contributed by atoms with Crippen molar-refractivity contribution in [3.8, 4) is 0 Å². The number of aliphatic hydroxyl groups excluding tert-OH is 1. The van der Waals surface area contributed by atoms with Crippen LogP contribution in [0.5, 0.6) is 0 Å². The molecule has 0 radical (unpaired) electrons. The first-order valence-electron chi connectivity index (χ1n) is 27.6. The number of halogens is 1. The Balaban J connectivity index is 1.29. The molecule has 6 rings (SSSR count). The number of benzene rings is 2. The van der Waals surface area contributed by atoms with Crippen LogP contribution in [0.15, 0.2) is 60.8 Å². The third kappa shape index (κ3) is 16.4. The van der Waals surface area contributed by atoms with Gasteiger partial charge >= 0.3 is 18.2 Å². The smallest absolute Gasteiger partial charge is 0.407 e. The van der Waals surface area contributed by atoms with Crippen molar-refractivity contribution in [1.82, 2.24) is 35.4 Å². The number of likely N-dealkylation sites (N-methyl/N-ethyl adjacent to an activating group) is 2. The minimum atomic E-state index is -1.95. The number of nitrogens with one attached hydrogen (secondary N) is 2. The number of ether oxygens (including phenoxy) is 8. The average Bonchev–Trinajstić information content (AvgIpc) is 3.85. The number of aliphatic hydroxyl groups is 3. The molecule has 5 N–H and O–H groups in total. The van der Waals surface area contributed by atoms with Gasteiger partial charge in [0.15, 0.2) is 24.8 Å². The Morgan fingerprint density at radius 3 is 2.15 bits per heavy atom. The fraction of sp³-hybridized carbons (Fsp3) is 0.702. The first kappa shape index (κ1) is 63.7. The van der Waals surface area contributed by atoms with Crippen molar-refractivity contribution >= 4 is 29.8 Å². The molecular formula is C57H88ClN7O14. The lowest BCUT2D eigenvalue weighted by molar-refractivity contribution is -0.317. The van der Waals surface area contributed by atoms with Crippen molar-refractivity contribution in [3.63, 3.8) is 0 Å². The van der Waals surface area contributed by atoms with Crippen LogP contribution in [0.2, 0.25) is 5.02 Å². The maximum absolute atomic E-state index is 15.0. The van der Waals surface area contributed by atoms with E-state index >= 15 is 0 Å². The van der Waals surface area contributed by atoms with Crippen LogP contribution >= 0.6 is 11.6 Å². The third-order valence-corrected chi connectivity index (χ3v) is 16.4. The van der Waals surface area contributed by atoms with Crippen LogP contribution in [0.25, 0.3) is 0 Å². The minimum Gasteiger partial charge on any atom is -0.459 e. The summed E-state index contributed by atoms with van der Waals surface area (Å²) in [6, 6.07) is 15.7. The van der Waals surface area contributed by atoms with Gasteiger partial charge in [-0.2, -0.15) is 0 Å². The van der Waals surface area contributed by atoms with Crippen molar-refractivity contribution in [3.05, 3.63) is 82.6 Å². The monoisotopic (exact) mass is 1130 g/mol. The summed E-state index contributed by atoms with van der Waals surface area (Å²) in [7, 11) is 7.08. The number of amides is 2. The molecule has 0 saturated carbocycles. The fourth-order valence-corrected chi connectivity index (χ4v) is 11.8. The van der Waals surface area contributed by atoms with Crippen molar-refractivity contribution in [2.24, 2.45) is 17.8 Å². The Hall–Kier alpha value is -4.52. The number of hydrogen-bond donors (Lipinski definition) is 5. The van der Waals surface area contributed by atoms with Crippen LogP contribution in [0.1, 0.15) is 112 Å². The summed E-state index contributed by atoms with van der Waals surface area (Å²) in [5.41, 5.74) is -2.53. The van der Waals surface area contributed by atoms with Gasteiger partial charge in [-0.05, 0) is 118 Å². The van der Waals surface area contributed by atoms with E-state index in [1.165, 1.54) is 14.0 Å². The summed E-state index contributed by atoms with van der Waals surface area (Å²) in [6.45, 7) is 18.5. The number of hydrogen-bond acceptors (Lipinski definition) is 18. The Morgan fingerprint density at radius 1 is 0.873 bits per heavy atom. The lowest BCUT2D eigenvalue weighted by Gasteiger charge is -2.49. The molecule has 442 valence electrons. The lowest BCUT2D eigenvalue weighted by atomic mass is 9.77.